The number of rotatable bonds is 8. The van der Waals surface area contributed by atoms with Crippen LogP contribution in [0.25, 0.3) is 0 Å². The van der Waals surface area contributed by atoms with Gasteiger partial charge in [-0.15, -0.1) is 0 Å². The molecule has 0 aliphatic carbocycles. The summed E-state index contributed by atoms with van der Waals surface area (Å²) in [5, 5.41) is 17.2. The topological polar surface area (TPSA) is 50.1 Å². The van der Waals surface area contributed by atoms with Gasteiger partial charge in [0.15, 0.2) is 0 Å². The van der Waals surface area contributed by atoms with E-state index in [0.717, 1.165) is 19.5 Å². The van der Waals surface area contributed by atoms with Crippen LogP contribution in [0.15, 0.2) is 6.20 Å². The van der Waals surface area contributed by atoms with E-state index in [1.165, 1.54) is 24.1 Å². The average molecular weight is 281 g/mol. The normalized spacial score (nSPS) is 13.7. The van der Waals surface area contributed by atoms with Crippen molar-refractivity contribution in [3.63, 3.8) is 0 Å². The van der Waals surface area contributed by atoms with Gasteiger partial charge in [-0.2, -0.15) is 5.10 Å². The summed E-state index contributed by atoms with van der Waals surface area (Å²) in [4.78, 5) is 0. The molecular formula is C16H31N3O. The van der Waals surface area contributed by atoms with Gasteiger partial charge in [0.2, 0.25) is 0 Å². The predicted molar refractivity (Wildman–Crippen MR) is 83.7 cm³/mol. The van der Waals surface area contributed by atoms with E-state index in [2.05, 4.69) is 44.3 Å². The van der Waals surface area contributed by atoms with E-state index in [1.807, 2.05) is 11.7 Å². The van der Waals surface area contributed by atoms with Gasteiger partial charge in [-0.1, -0.05) is 34.1 Å². The summed E-state index contributed by atoms with van der Waals surface area (Å²) in [6, 6.07) is 0. The minimum Gasteiger partial charge on any atom is -0.396 e. The van der Waals surface area contributed by atoms with Gasteiger partial charge in [0.25, 0.3) is 0 Å². The van der Waals surface area contributed by atoms with Crippen molar-refractivity contribution in [3.8, 4) is 0 Å². The number of aliphatic hydroxyl groups is 1. The Morgan fingerprint density at radius 1 is 1.35 bits per heavy atom. The van der Waals surface area contributed by atoms with Gasteiger partial charge in [-0.05, 0) is 25.3 Å². The van der Waals surface area contributed by atoms with Crippen LogP contribution in [0, 0.1) is 5.92 Å². The molecule has 1 aromatic heterocycles. The molecule has 1 rings (SSSR count). The Kier molecular flexibility index (Phi) is 6.69. The molecule has 2 N–H and O–H groups in total. The van der Waals surface area contributed by atoms with E-state index in [1.54, 1.807) is 0 Å². The number of nitrogens with one attached hydrogen (secondary N) is 1. The third-order valence-corrected chi connectivity index (χ3v) is 3.60. The lowest BCUT2D eigenvalue weighted by Gasteiger charge is -2.19. The number of hydrogen-bond donors (Lipinski definition) is 2. The van der Waals surface area contributed by atoms with Crippen LogP contribution in [0.4, 0.5) is 0 Å². The molecule has 1 heterocycles. The maximum absolute atomic E-state index is 9.09. The molecule has 1 aromatic rings. The maximum Gasteiger partial charge on any atom is 0.0722 e. The Balaban J connectivity index is 2.57. The molecule has 1 atom stereocenters. The van der Waals surface area contributed by atoms with Crippen molar-refractivity contribution in [3.05, 3.63) is 17.5 Å². The minimum atomic E-state index is 0.0756. The van der Waals surface area contributed by atoms with Crippen molar-refractivity contribution < 1.29 is 5.11 Å². The van der Waals surface area contributed by atoms with Gasteiger partial charge >= 0.3 is 0 Å². The Hall–Kier alpha value is -0.870. The third kappa shape index (κ3) is 5.25. The van der Waals surface area contributed by atoms with Crippen molar-refractivity contribution in [1.29, 1.82) is 0 Å². The fourth-order valence-electron chi connectivity index (χ4n) is 2.65. The Bertz CT molecular complexity index is 387. The van der Waals surface area contributed by atoms with Crippen molar-refractivity contribution >= 4 is 0 Å². The number of aromatic nitrogens is 2. The van der Waals surface area contributed by atoms with Gasteiger partial charge in [0, 0.05) is 37.4 Å². The lowest BCUT2D eigenvalue weighted by atomic mass is 9.89. The summed E-state index contributed by atoms with van der Waals surface area (Å²) in [7, 11) is 1.98. The van der Waals surface area contributed by atoms with E-state index in [4.69, 9.17) is 5.11 Å². The summed E-state index contributed by atoms with van der Waals surface area (Å²) in [6.07, 6.45) is 5.34. The SMILES string of the molecule is CCCC(CCO)CNCc1cn(C)nc1C(C)(C)C. The van der Waals surface area contributed by atoms with Crippen molar-refractivity contribution in [1.82, 2.24) is 15.1 Å². The molecule has 0 aliphatic heterocycles. The Morgan fingerprint density at radius 2 is 2.05 bits per heavy atom. The molecule has 20 heavy (non-hydrogen) atoms. The van der Waals surface area contributed by atoms with E-state index >= 15 is 0 Å². The van der Waals surface area contributed by atoms with Crippen molar-refractivity contribution in [2.24, 2.45) is 13.0 Å². The second-order valence-corrected chi connectivity index (χ2v) is 6.72. The number of aryl methyl sites for hydroxylation is 1. The predicted octanol–water partition coefficient (Wildman–Crippen LogP) is 2.61. The first kappa shape index (κ1) is 17.2. The van der Waals surface area contributed by atoms with E-state index in [9.17, 15) is 0 Å². The highest BCUT2D eigenvalue weighted by Gasteiger charge is 2.21. The molecule has 0 amide bonds. The summed E-state index contributed by atoms with van der Waals surface area (Å²) in [5.74, 6) is 0.569. The fourth-order valence-corrected chi connectivity index (χ4v) is 2.65. The number of nitrogens with zero attached hydrogens (tertiary/aromatic N) is 2. The van der Waals surface area contributed by atoms with Crippen LogP contribution in [0.2, 0.25) is 0 Å². The zero-order chi connectivity index (χ0) is 15.2. The van der Waals surface area contributed by atoms with E-state index in [-0.39, 0.29) is 12.0 Å². The summed E-state index contributed by atoms with van der Waals surface area (Å²) >= 11 is 0. The van der Waals surface area contributed by atoms with Crippen LogP contribution >= 0.6 is 0 Å². The largest absolute Gasteiger partial charge is 0.396 e. The number of hydrogen-bond acceptors (Lipinski definition) is 3. The zero-order valence-corrected chi connectivity index (χ0v) is 13.7. The molecule has 116 valence electrons. The quantitative estimate of drug-likeness (QED) is 0.770. The van der Waals surface area contributed by atoms with E-state index < -0.39 is 0 Å². The first-order chi connectivity index (χ1) is 9.38. The molecule has 0 radical (unpaired) electrons. The van der Waals surface area contributed by atoms with Gasteiger partial charge in [0.05, 0.1) is 5.69 Å². The molecule has 4 heteroatoms. The van der Waals surface area contributed by atoms with Crippen molar-refractivity contribution in [2.45, 2.75) is 58.9 Å². The van der Waals surface area contributed by atoms with Crippen LogP contribution < -0.4 is 5.32 Å². The third-order valence-electron chi connectivity index (χ3n) is 3.60. The first-order valence-electron chi connectivity index (χ1n) is 7.73. The lowest BCUT2D eigenvalue weighted by Crippen LogP contribution is -2.25. The zero-order valence-electron chi connectivity index (χ0n) is 13.7. The molecular weight excluding hydrogens is 250 g/mol. The van der Waals surface area contributed by atoms with Gasteiger partial charge in [-0.3, -0.25) is 4.68 Å². The fraction of sp³-hybridized carbons (Fsp3) is 0.812. The standard InChI is InChI=1S/C16H31N3O/c1-6-7-13(8-9-20)10-17-11-14-12-19(5)18-15(14)16(2,3)4/h12-13,17,20H,6-11H2,1-5H3. The van der Waals surface area contributed by atoms with Gasteiger partial charge in [-0.25, -0.2) is 0 Å². The van der Waals surface area contributed by atoms with Crippen molar-refractivity contribution in [2.75, 3.05) is 13.2 Å². The first-order valence-corrected chi connectivity index (χ1v) is 7.73. The molecule has 1 unspecified atom stereocenters. The van der Waals surface area contributed by atoms with Crippen LogP contribution in [-0.2, 0) is 19.0 Å². The maximum atomic E-state index is 9.09. The summed E-state index contributed by atoms with van der Waals surface area (Å²) < 4.78 is 1.90. The molecule has 0 spiro atoms. The molecule has 4 nitrogen and oxygen atoms in total. The highest BCUT2D eigenvalue weighted by Crippen LogP contribution is 2.24. The minimum absolute atomic E-state index is 0.0756. The van der Waals surface area contributed by atoms with Crippen LogP contribution in [0.3, 0.4) is 0 Å². The highest BCUT2D eigenvalue weighted by molar-refractivity contribution is 5.23. The van der Waals surface area contributed by atoms with Gasteiger partial charge in [0.1, 0.15) is 0 Å². The Morgan fingerprint density at radius 3 is 2.60 bits per heavy atom. The van der Waals surface area contributed by atoms with Crippen LogP contribution in [0.5, 0.6) is 0 Å². The number of aliphatic hydroxyl groups excluding tert-OH is 1. The second-order valence-electron chi connectivity index (χ2n) is 6.72. The second kappa shape index (κ2) is 7.79. The monoisotopic (exact) mass is 281 g/mol. The summed E-state index contributed by atoms with van der Waals surface area (Å²) in [6.45, 7) is 10.9. The average Bonchev–Trinajstić information content (AvgIpc) is 2.71. The van der Waals surface area contributed by atoms with Crippen LogP contribution in [0.1, 0.15) is 58.2 Å². The molecule has 0 saturated carbocycles. The van der Waals surface area contributed by atoms with Gasteiger partial charge < -0.3 is 10.4 Å². The molecule has 0 saturated heterocycles. The summed E-state index contributed by atoms with van der Waals surface area (Å²) in [5.41, 5.74) is 2.52. The lowest BCUT2D eigenvalue weighted by molar-refractivity contribution is 0.248. The molecule has 0 fully saturated rings. The van der Waals surface area contributed by atoms with Crippen LogP contribution in [-0.4, -0.2) is 28.0 Å². The molecule has 0 aliphatic rings. The molecule has 0 bridgehead atoms. The highest BCUT2D eigenvalue weighted by atomic mass is 16.3. The van der Waals surface area contributed by atoms with E-state index in [0.29, 0.717) is 5.92 Å². The smallest absolute Gasteiger partial charge is 0.0722 e. The Labute approximate surface area is 123 Å². The molecule has 0 aromatic carbocycles.